The standard InChI is InChI=1S/C16H16BrNO2/c17-13-10-16-15(19-6-7-20-16)9-12(13)14(18)8-11-4-2-1-3-5-11/h1-5,9-10,14H,6-8,18H2. The largest absolute Gasteiger partial charge is 0.486 e. The maximum Gasteiger partial charge on any atom is 0.162 e. The predicted molar refractivity (Wildman–Crippen MR) is 82.2 cm³/mol. The highest BCUT2D eigenvalue weighted by molar-refractivity contribution is 9.10. The molecule has 3 rings (SSSR count). The van der Waals surface area contributed by atoms with E-state index in [1.54, 1.807) is 0 Å². The van der Waals surface area contributed by atoms with Crippen LogP contribution in [-0.2, 0) is 6.42 Å². The molecule has 0 aliphatic carbocycles. The number of ether oxygens (including phenoxy) is 2. The van der Waals surface area contributed by atoms with Crippen molar-refractivity contribution in [3.05, 3.63) is 58.1 Å². The number of fused-ring (bicyclic) bond motifs is 1. The molecule has 0 aromatic heterocycles. The Balaban J connectivity index is 1.86. The number of hydrogen-bond acceptors (Lipinski definition) is 3. The number of halogens is 1. The van der Waals surface area contributed by atoms with E-state index < -0.39 is 0 Å². The van der Waals surface area contributed by atoms with Crippen LogP contribution in [0.3, 0.4) is 0 Å². The Morgan fingerprint density at radius 3 is 2.40 bits per heavy atom. The Hall–Kier alpha value is -1.52. The lowest BCUT2D eigenvalue weighted by atomic mass is 9.99. The van der Waals surface area contributed by atoms with Crippen molar-refractivity contribution >= 4 is 15.9 Å². The molecule has 2 aromatic carbocycles. The van der Waals surface area contributed by atoms with Gasteiger partial charge in [0.25, 0.3) is 0 Å². The maximum atomic E-state index is 6.33. The van der Waals surface area contributed by atoms with Crippen LogP contribution in [0.25, 0.3) is 0 Å². The average molecular weight is 334 g/mol. The first-order chi connectivity index (χ1) is 9.74. The summed E-state index contributed by atoms with van der Waals surface area (Å²) in [6, 6.07) is 14.1. The Kier molecular flexibility index (Phi) is 3.94. The molecule has 1 aliphatic heterocycles. The minimum Gasteiger partial charge on any atom is -0.486 e. The van der Waals surface area contributed by atoms with Gasteiger partial charge in [-0.15, -0.1) is 0 Å². The summed E-state index contributed by atoms with van der Waals surface area (Å²) in [5.74, 6) is 1.55. The van der Waals surface area contributed by atoms with Gasteiger partial charge in [0.05, 0.1) is 0 Å². The molecule has 2 aromatic rings. The molecule has 0 spiro atoms. The normalized spacial score (nSPS) is 14.9. The van der Waals surface area contributed by atoms with Crippen LogP contribution in [0, 0.1) is 0 Å². The van der Waals surface area contributed by atoms with E-state index in [9.17, 15) is 0 Å². The van der Waals surface area contributed by atoms with Gasteiger partial charge in [-0.05, 0) is 29.7 Å². The first kappa shape index (κ1) is 13.5. The van der Waals surface area contributed by atoms with Crippen molar-refractivity contribution in [1.29, 1.82) is 0 Å². The Bertz CT molecular complexity index is 601. The smallest absolute Gasteiger partial charge is 0.162 e. The van der Waals surface area contributed by atoms with Crippen LogP contribution in [0.15, 0.2) is 46.9 Å². The molecule has 1 atom stereocenters. The van der Waals surface area contributed by atoms with Gasteiger partial charge in [-0.1, -0.05) is 46.3 Å². The van der Waals surface area contributed by atoms with Gasteiger partial charge in [0, 0.05) is 10.5 Å². The van der Waals surface area contributed by atoms with Crippen LogP contribution in [0.1, 0.15) is 17.2 Å². The van der Waals surface area contributed by atoms with Gasteiger partial charge in [-0.25, -0.2) is 0 Å². The number of benzene rings is 2. The topological polar surface area (TPSA) is 44.5 Å². The molecule has 0 saturated heterocycles. The fourth-order valence-corrected chi connectivity index (χ4v) is 2.96. The number of rotatable bonds is 3. The third kappa shape index (κ3) is 2.81. The molecule has 0 radical (unpaired) electrons. The van der Waals surface area contributed by atoms with E-state index in [0.717, 1.165) is 28.0 Å². The van der Waals surface area contributed by atoms with Gasteiger partial charge in [-0.2, -0.15) is 0 Å². The molecular formula is C16H16BrNO2. The van der Waals surface area contributed by atoms with Crippen LogP contribution in [0.2, 0.25) is 0 Å². The van der Waals surface area contributed by atoms with E-state index in [0.29, 0.717) is 13.2 Å². The Morgan fingerprint density at radius 2 is 1.70 bits per heavy atom. The zero-order valence-corrected chi connectivity index (χ0v) is 12.6. The fraction of sp³-hybridized carbons (Fsp3) is 0.250. The van der Waals surface area contributed by atoms with E-state index in [4.69, 9.17) is 15.2 Å². The minimum absolute atomic E-state index is 0.0809. The minimum atomic E-state index is -0.0809. The molecule has 1 heterocycles. The van der Waals surface area contributed by atoms with Gasteiger partial charge in [-0.3, -0.25) is 0 Å². The quantitative estimate of drug-likeness (QED) is 0.935. The van der Waals surface area contributed by atoms with Crippen molar-refractivity contribution in [2.75, 3.05) is 13.2 Å². The molecule has 1 aliphatic rings. The summed E-state index contributed by atoms with van der Waals surface area (Å²) in [5.41, 5.74) is 8.60. The van der Waals surface area contributed by atoms with E-state index >= 15 is 0 Å². The van der Waals surface area contributed by atoms with E-state index in [1.165, 1.54) is 5.56 Å². The summed E-state index contributed by atoms with van der Waals surface area (Å²) >= 11 is 3.57. The summed E-state index contributed by atoms with van der Waals surface area (Å²) < 4.78 is 12.1. The van der Waals surface area contributed by atoms with Crippen molar-refractivity contribution in [1.82, 2.24) is 0 Å². The average Bonchev–Trinajstić information content (AvgIpc) is 2.47. The summed E-state index contributed by atoms with van der Waals surface area (Å²) in [5, 5.41) is 0. The molecule has 20 heavy (non-hydrogen) atoms. The molecule has 0 saturated carbocycles. The molecule has 3 nitrogen and oxygen atoms in total. The summed E-state index contributed by atoms with van der Waals surface area (Å²) in [6.45, 7) is 1.18. The van der Waals surface area contributed by atoms with Crippen molar-refractivity contribution < 1.29 is 9.47 Å². The van der Waals surface area contributed by atoms with Crippen LogP contribution in [0.4, 0.5) is 0 Å². The van der Waals surface area contributed by atoms with Crippen molar-refractivity contribution in [3.8, 4) is 11.5 Å². The van der Waals surface area contributed by atoms with Crippen LogP contribution in [0.5, 0.6) is 11.5 Å². The maximum absolute atomic E-state index is 6.33. The van der Waals surface area contributed by atoms with E-state index in [-0.39, 0.29) is 6.04 Å². The highest BCUT2D eigenvalue weighted by Gasteiger charge is 2.18. The zero-order chi connectivity index (χ0) is 13.9. The number of nitrogens with two attached hydrogens (primary N) is 1. The molecule has 1 unspecified atom stereocenters. The lowest BCUT2D eigenvalue weighted by molar-refractivity contribution is 0.171. The van der Waals surface area contributed by atoms with Crippen molar-refractivity contribution in [3.63, 3.8) is 0 Å². The molecular weight excluding hydrogens is 318 g/mol. The van der Waals surface area contributed by atoms with Gasteiger partial charge in [0.2, 0.25) is 0 Å². The second kappa shape index (κ2) is 5.85. The summed E-state index contributed by atoms with van der Waals surface area (Å²) in [7, 11) is 0. The highest BCUT2D eigenvalue weighted by atomic mass is 79.9. The molecule has 0 bridgehead atoms. The third-order valence-electron chi connectivity index (χ3n) is 3.36. The van der Waals surface area contributed by atoms with Gasteiger partial charge < -0.3 is 15.2 Å². The first-order valence-electron chi connectivity index (χ1n) is 6.62. The molecule has 0 fully saturated rings. The summed E-state index contributed by atoms with van der Waals surface area (Å²) in [4.78, 5) is 0. The monoisotopic (exact) mass is 333 g/mol. The SMILES string of the molecule is NC(Cc1ccccc1)c1cc2c(cc1Br)OCCO2. The Labute approximate surface area is 126 Å². The molecule has 4 heteroatoms. The second-order valence-electron chi connectivity index (χ2n) is 4.81. The summed E-state index contributed by atoms with van der Waals surface area (Å²) in [6.07, 6.45) is 0.791. The fourth-order valence-electron chi connectivity index (χ4n) is 2.34. The van der Waals surface area contributed by atoms with Crippen LogP contribution >= 0.6 is 15.9 Å². The lowest BCUT2D eigenvalue weighted by Crippen LogP contribution is -2.18. The van der Waals surface area contributed by atoms with Crippen LogP contribution in [-0.4, -0.2) is 13.2 Å². The first-order valence-corrected chi connectivity index (χ1v) is 7.42. The lowest BCUT2D eigenvalue weighted by Gasteiger charge is -2.22. The zero-order valence-electron chi connectivity index (χ0n) is 11.0. The van der Waals surface area contributed by atoms with Crippen molar-refractivity contribution in [2.24, 2.45) is 5.73 Å². The second-order valence-corrected chi connectivity index (χ2v) is 5.67. The van der Waals surface area contributed by atoms with Gasteiger partial charge in [0.1, 0.15) is 13.2 Å². The molecule has 0 amide bonds. The molecule has 104 valence electrons. The van der Waals surface area contributed by atoms with Crippen molar-refractivity contribution in [2.45, 2.75) is 12.5 Å². The van der Waals surface area contributed by atoms with Gasteiger partial charge in [0.15, 0.2) is 11.5 Å². The highest BCUT2D eigenvalue weighted by Crippen LogP contribution is 2.37. The van der Waals surface area contributed by atoms with E-state index in [1.807, 2.05) is 30.3 Å². The third-order valence-corrected chi connectivity index (χ3v) is 4.05. The predicted octanol–water partition coefficient (Wildman–Crippen LogP) is 3.46. The van der Waals surface area contributed by atoms with Crippen LogP contribution < -0.4 is 15.2 Å². The van der Waals surface area contributed by atoms with E-state index in [2.05, 4.69) is 28.1 Å². The van der Waals surface area contributed by atoms with Gasteiger partial charge >= 0.3 is 0 Å². The molecule has 2 N–H and O–H groups in total. The number of hydrogen-bond donors (Lipinski definition) is 1. The Morgan fingerprint density at radius 1 is 1.05 bits per heavy atom.